The molecule has 1 amide bonds. The van der Waals surface area contributed by atoms with Crippen LogP contribution in [0.5, 0.6) is 0 Å². The fraction of sp³-hybridized carbons (Fsp3) is 0.417. The third-order valence-corrected chi connectivity index (χ3v) is 4.60. The number of nitrogens with two attached hydrogens (primary N) is 2. The summed E-state index contributed by atoms with van der Waals surface area (Å²) < 4.78 is 26.7. The van der Waals surface area contributed by atoms with E-state index in [9.17, 15) is 13.2 Å². The normalized spacial score (nSPS) is 11.5. The molecule has 0 aliphatic heterocycles. The van der Waals surface area contributed by atoms with Crippen molar-refractivity contribution in [1.29, 1.82) is 0 Å². The average Bonchev–Trinajstić information content (AvgIpc) is 2.32. The Bertz CT molecular complexity index is 602. The van der Waals surface area contributed by atoms with E-state index >= 15 is 0 Å². The van der Waals surface area contributed by atoms with Crippen LogP contribution in [0.25, 0.3) is 0 Å². The summed E-state index contributed by atoms with van der Waals surface area (Å²) in [6.45, 7) is 1.84. The SMILES string of the molecule is Cc1c(N)cc(Cl)cc1S(=O)(=O)NCCCCC(N)=O. The number of primary amides is 1. The maximum atomic E-state index is 12.1. The number of unbranched alkanes of at least 4 members (excludes halogenated alkanes) is 1. The Balaban J connectivity index is 2.72. The first-order valence-electron chi connectivity index (χ1n) is 6.07. The molecule has 0 aliphatic rings. The number of anilines is 1. The quantitative estimate of drug-likeness (QED) is 0.516. The second-order valence-electron chi connectivity index (χ2n) is 4.44. The molecule has 0 saturated carbocycles. The fourth-order valence-corrected chi connectivity index (χ4v) is 3.32. The van der Waals surface area contributed by atoms with Gasteiger partial charge in [-0.2, -0.15) is 0 Å². The molecular weight excluding hydrogens is 302 g/mol. The van der Waals surface area contributed by atoms with Gasteiger partial charge in [0.2, 0.25) is 15.9 Å². The van der Waals surface area contributed by atoms with Crippen molar-refractivity contribution in [3.63, 3.8) is 0 Å². The van der Waals surface area contributed by atoms with E-state index < -0.39 is 15.9 Å². The first-order chi connectivity index (χ1) is 9.24. The lowest BCUT2D eigenvalue weighted by Gasteiger charge is -2.11. The number of sulfonamides is 1. The van der Waals surface area contributed by atoms with Gasteiger partial charge in [-0.05, 0) is 37.5 Å². The van der Waals surface area contributed by atoms with Crippen molar-refractivity contribution in [2.75, 3.05) is 12.3 Å². The van der Waals surface area contributed by atoms with Crippen molar-refractivity contribution in [1.82, 2.24) is 4.72 Å². The number of hydrogen-bond donors (Lipinski definition) is 3. The number of benzene rings is 1. The van der Waals surface area contributed by atoms with E-state index in [4.69, 9.17) is 23.1 Å². The molecule has 1 aromatic carbocycles. The third kappa shape index (κ3) is 4.66. The summed E-state index contributed by atoms with van der Waals surface area (Å²) in [6, 6.07) is 2.86. The van der Waals surface area contributed by atoms with Crippen LogP contribution >= 0.6 is 11.6 Å². The van der Waals surface area contributed by atoms with E-state index in [2.05, 4.69) is 4.72 Å². The molecule has 0 aliphatic carbocycles. The first-order valence-corrected chi connectivity index (χ1v) is 7.93. The molecule has 0 heterocycles. The first kappa shape index (κ1) is 16.7. The number of carbonyl (C=O) groups excluding carboxylic acids is 1. The zero-order chi connectivity index (χ0) is 15.3. The van der Waals surface area contributed by atoms with Gasteiger partial charge in [0, 0.05) is 23.7 Å². The molecule has 0 spiro atoms. The summed E-state index contributed by atoms with van der Waals surface area (Å²) in [6.07, 6.45) is 1.30. The highest BCUT2D eigenvalue weighted by Gasteiger charge is 2.18. The van der Waals surface area contributed by atoms with Gasteiger partial charge in [0.1, 0.15) is 0 Å². The molecule has 0 saturated heterocycles. The number of hydrogen-bond acceptors (Lipinski definition) is 4. The molecule has 0 atom stereocenters. The highest BCUT2D eigenvalue weighted by atomic mass is 35.5. The lowest BCUT2D eigenvalue weighted by molar-refractivity contribution is -0.118. The summed E-state index contributed by atoms with van der Waals surface area (Å²) in [5.41, 5.74) is 11.5. The Hall–Kier alpha value is -1.31. The predicted octanol–water partition coefficient (Wildman–Crippen LogP) is 1.16. The molecule has 1 aromatic rings. The van der Waals surface area contributed by atoms with Gasteiger partial charge in [0.05, 0.1) is 4.90 Å². The second-order valence-corrected chi connectivity index (χ2v) is 6.61. The number of nitrogen functional groups attached to an aromatic ring is 1. The summed E-state index contributed by atoms with van der Waals surface area (Å²) in [5.74, 6) is -0.397. The highest BCUT2D eigenvalue weighted by Crippen LogP contribution is 2.25. The standard InChI is InChI=1S/C12H18ClN3O3S/c1-8-10(14)6-9(13)7-11(8)20(18,19)16-5-3-2-4-12(15)17/h6-7,16H,2-5,14H2,1H3,(H2,15,17). The average molecular weight is 320 g/mol. The molecule has 112 valence electrons. The molecule has 5 N–H and O–H groups in total. The maximum absolute atomic E-state index is 12.1. The van der Waals surface area contributed by atoms with Crippen LogP contribution in [0, 0.1) is 6.92 Å². The lowest BCUT2D eigenvalue weighted by atomic mass is 10.2. The van der Waals surface area contributed by atoms with E-state index in [-0.39, 0.29) is 22.9 Å². The van der Waals surface area contributed by atoms with Crippen LogP contribution < -0.4 is 16.2 Å². The molecular formula is C12H18ClN3O3S. The van der Waals surface area contributed by atoms with Gasteiger partial charge in [0.15, 0.2) is 0 Å². The summed E-state index contributed by atoms with van der Waals surface area (Å²) in [4.78, 5) is 10.6. The van der Waals surface area contributed by atoms with E-state index in [0.717, 1.165) is 0 Å². The topological polar surface area (TPSA) is 115 Å². The van der Waals surface area contributed by atoms with Crippen LogP contribution in [0.1, 0.15) is 24.8 Å². The van der Waals surface area contributed by atoms with Crippen LogP contribution in [0.15, 0.2) is 17.0 Å². The minimum absolute atomic E-state index is 0.0670. The van der Waals surface area contributed by atoms with Crippen molar-refractivity contribution >= 4 is 33.2 Å². The largest absolute Gasteiger partial charge is 0.398 e. The molecule has 0 fully saturated rings. The van der Waals surface area contributed by atoms with E-state index in [0.29, 0.717) is 24.1 Å². The number of amides is 1. The van der Waals surface area contributed by atoms with Gasteiger partial charge >= 0.3 is 0 Å². The molecule has 6 nitrogen and oxygen atoms in total. The van der Waals surface area contributed by atoms with Crippen LogP contribution in [0.2, 0.25) is 5.02 Å². The van der Waals surface area contributed by atoms with Crippen molar-refractivity contribution in [2.24, 2.45) is 5.73 Å². The van der Waals surface area contributed by atoms with Crippen molar-refractivity contribution < 1.29 is 13.2 Å². The minimum Gasteiger partial charge on any atom is -0.398 e. The van der Waals surface area contributed by atoms with Crippen LogP contribution in [0.3, 0.4) is 0 Å². The van der Waals surface area contributed by atoms with Gasteiger partial charge in [-0.1, -0.05) is 11.6 Å². The molecule has 0 bridgehead atoms. The van der Waals surface area contributed by atoms with Crippen molar-refractivity contribution in [2.45, 2.75) is 31.1 Å². The van der Waals surface area contributed by atoms with Crippen molar-refractivity contribution in [3.8, 4) is 0 Å². The molecule has 1 rings (SSSR count). The summed E-state index contributed by atoms with van der Waals surface area (Å²) in [7, 11) is -3.67. The monoisotopic (exact) mass is 319 g/mol. The number of carbonyl (C=O) groups is 1. The third-order valence-electron chi connectivity index (χ3n) is 2.80. The smallest absolute Gasteiger partial charge is 0.240 e. The predicted molar refractivity (Wildman–Crippen MR) is 78.8 cm³/mol. The lowest BCUT2D eigenvalue weighted by Crippen LogP contribution is -2.26. The van der Waals surface area contributed by atoms with Gasteiger partial charge in [-0.25, -0.2) is 13.1 Å². The Morgan fingerprint density at radius 3 is 2.60 bits per heavy atom. The Labute approximate surface area is 123 Å². The molecule has 8 heteroatoms. The van der Waals surface area contributed by atoms with Gasteiger partial charge in [-0.15, -0.1) is 0 Å². The zero-order valence-electron chi connectivity index (χ0n) is 11.1. The van der Waals surface area contributed by atoms with Gasteiger partial charge in [0.25, 0.3) is 0 Å². The minimum atomic E-state index is -3.67. The molecule has 20 heavy (non-hydrogen) atoms. The zero-order valence-corrected chi connectivity index (χ0v) is 12.7. The molecule has 0 unspecified atom stereocenters. The van der Waals surface area contributed by atoms with Crippen LogP contribution in [-0.2, 0) is 14.8 Å². The van der Waals surface area contributed by atoms with E-state index in [1.807, 2.05) is 0 Å². The number of halogens is 1. The van der Waals surface area contributed by atoms with Crippen molar-refractivity contribution in [3.05, 3.63) is 22.7 Å². The highest BCUT2D eigenvalue weighted by molar-refractivity contribution is 7.89. The van der Waals surface area contributed by atoms with E-state index in [1.165, 1.54) is 12.1 Å². The fourth-order valence-electron chi connectivity index (χ4n) is 1.66. The summed E-state index contributed by atoms with van der Waals surface area (Å²) >= 11 is 5.82. The number of rotatable bonds is 7. The van der Waals surface area contributed by atoms with E-state index in [1.54, 1.807) is 6.92 Å². The van der Waals surface area contributed by atoms with Crippen LogP contribution in [0.4, 0.5) is 5.69 Å². The Kier molecular flexibility index (Phi) is 5.79. The van der Waals surface area contributed by atoms with Gasteiger partial charge in [-0.3, -0.25) is 4.79 Å². The number of nitrogens with one attached hydrogen (secondary N) is 1. The maximum Gasteiger partial charge on any atom is 0.240 e. The van der Waals surface area contributed by atoms with Gasteiger partial charge < -0.3 is 11.5 Å². The van der Waals surface area contributed by atoms with Crippen LogP contribution in [-0.4, -0.2) is 20.9 Å². The summed E-state index contributed by atoms with van der Waals surface area (Å²) in [5, 5.41) is 0.266. The Morgan fingerprint density at radius 1 is 1.35 bits per heavy atom. The second kappa shape index (κ2) is 6.92. The molecule has 0 aromatic heterocycles. The Morgan fingerprint density at radius 2 is 2.00 bits per heavy atom. The molecule has 0 radical (unpaired) electrons.